The molecular weight excluding hydrogens is 198 g/mol. The lowest BCUT2D eigenvalue weighted by atomic mass is 9.85. The number of hydrogen-bond donors (Lipinski definition) is 1. The molecule has 1 fully saturated rings. The number of hydrogen-bond acceptors (Lipinski definition) is 3. The molecule has 0 amide bonds. The molecule has 1 aliphatic rings. The summed E-state index contributed by atoms with van der Waals surface area (Å²) in [6, 6.07) is 0. The van der Waals surface area contributed by atoms with Crippen LogP contribution in [-0.4, -0.2) is 54.6 Å². The maximum absolute atomic E-state index is 6.07. The number of nitrogens with zero attached hydrogens (tertiary/aromatic N) is 2. The molecule has 3 nitrogen and oxygen atoms in total. The molecule has 0 spiro atoms. The molecule has 0 radical (unpaired) electrons. The van der Waals surface area contributed by atoms with E-state index in [0.29, 0.717) is 0 Å². The number of rotatable bonds is 6. The smallest absolute Gasteiger partial charge is 0.0355 e. The lowest BCUT2D eigenvalue weighted by Crippen LogP contribution is -2.59. The predicted molar refractivity (Wildman–Crippen MR) is 70.7 cm³/mol. The minimum atomic E-state index is 0.288. The maximum Gasteiger partial charge on any atom is 0.0355 e. The molecule has 2 N–H and O–H groups in total. The molecule has 1 rings (SSSR count). The molecule has 96 valence electrons. The highest BCUT2D eigenvalue weighted by Gasteiger charge is 2.37. The second kappa shape index (κ2) is 6.58. The van der Waals surface area contributed by atoms with Crippen molar-refractivity contribution in [3.8, 4) is 0 Å². The fraction of sp³-hybridized carbons (Fsp3) is 1.00. The van der Waals surface area contributed by atoms with Gasteiger partial charge in [-0.15, -0.1) is 0 Å². The van der Waals surface area contributed by atoms with Gasteiger partial charge in [0.15, 0.2) is 0 Å². The third kappa shape index (κ3) is 2.96. The fourth-order valence-electron chi connectivity index (χ4n) is 2.94. The summed E-state index contributed by atoms with van der Waals surface area (Å²) in [7, 11) is 0. The van der Waals surface area contributed by atoms with Crippen molar-refractivity contribution in [3.05, 3.63) is 0 Å². The van der Waals surface area contributed by atoms with Gasteiger partial charge < -0.3 is 10.6 Å². The van der Waals surface area contributed by atoms with E-state index in [1.165, 1.54) is 45.4 Å². The average Bonchev–Trinajstić information content (AvgIpc) is 2.36. The van der Waals surface area contributed by atoms with Crippen LogP contribution in [0.25, 0.3) is 0 Å². The Morgan fingerprint density at radius 3 is 2.19 bits per heavy atom. The zero-order chi connectivity index (χ0) is 12.0. The van der Waals surface area contributed by atoms with Gasteiger partial charge in [0.1, 0.15) is 0 Å². The van der Waals surface area contributed by atoms with Gasteiger partial charge >= 0.3 is 0 Å². The van der Waals surface area contributed by atoms with E-state index in [9.17, 15) is 0 Å². The summed E-state index contributed by atoms with van der Waals surface area (Å²) in [6.45, 7) is 13.5. The number of likely N-dealkylation sites (tertiary alicyclic amines) is 1. The first kappa shape index (κ1) is 13.9. The topological polar surface area (TPSA) is 32.5 Å². The third-order valence-electron chi connectivity index (χ3n) is 4.16. The van der Waals surface area contributed by atoms with E-state index in [4.69, 9.17) is 5.73 Å². The molecule has 0 unspecified atom stereocenters. The first-order valence-electron chi connectivity index (χ1n) is 6.89. The van der Waals surface area contributed by atoms with Crippen LogP contribution in [0.3, 0.4) is 0 Å². The highest BCUT2D eigenvalue weighted by Crippen LogP contribution is 2.28. The monoisotopic (exact) mass is 227 g/mol. The molecule has 16 heavy (non-hydrogen) atoms. The van der Waals surface area contributed by atoms with Crippen molar-refractivity contribution >= 4 is 0 Å². The lowest BCUT2D eigenvalue weighted by molar-refractivity contribution is 0.0317. The fourth-order valence-corrected chi connectivity index (χ4v) is 2.94. The summed E-state index contributed by atoms with van der Waals surface area (Å²) in [4.78, 5) is 5.15. The second-order valence-electron chi connectivity index (χ2n) is 4.94. The van der Waals surface area contributed by atoms with Crippen molar-refractivity contribution in [1.29, 1.82) is 0 Å². The van der Waals surface area contributed by atoms with Gasteiger partial charge in [0.05, 0.1) is 0 Å². The van der Waals surface area contributed by atoms with E-state index in [0.717, 1.165) is 13.1 Å². The SMILES string of the molecule is CCCN(CC)C1(CN)CCN(CC)CC1. The van der Waals surface area contributed by atoms with Crippen LogP contribution in [0.1, 0.15) is 40.0 Å². The molecule has 1 saturated heterocycles. The molecule has 0 aromatic carbocycles. The number of likely N-dealkylation sites (N-methyl/N-ethyl adjacent to an activating group) is 1. The summed E-state index contributed by atoms with van der Waals surface area (Å²) in [5.74, 6) is 0. The molecule has 0 saturated carbocycles. The Kier molecular flexibility index (Phi) is 5.73. The van der Waals surface area contributed by atoms with Crippen LogP contribution in [0.4, 0.5) is 0 Å². The molecule has 1 heterocycles. The van der Waals surface area contributed by atoms with E-state index in [2.05, 4.69) is 30.6 Å². The van der Waals surface area contributed by atoms with Crippen LogP contribution < -0.4 is 5.73 Å². The Morgan fingerprint density at radius 1 is 1.19 bits per heavy atom. The summed E-state index contributed by atoms with van der Waals surface area (Å²) in [6.07, 6.45) is 3.71. The van der Waals surface area contributed by atoms with Gasteiger partial charge in [0.25, 0.3) is 0 Å². The van der Waals surface area contributed by atoms with Gasteiger partial charge in [-0.05, 0) is 52.0 Å². The van der Waals surface area contributed by atoms with Crippen molar-refractivity contribution in [2.24, 2.45) is 5.73 Å². The van der Waals surface area contributed by atoms with Gasteiger partial charge in [0.2, 0.25) is 0 Å². The van der Waals surface area contributed by atoms with Crippen LogP contribution in [0.2, 0.25) is 0 Å². The van der Waals surface area contributed by atoms with Crippen LogP contribution in [0.5, 0.6) is 0 Å². The van der Waals surface area contributed by atoms with Gasteiger partial charge in [-0.3, -0.25) is 4.90 Å². The zero-order valence-corrected chi connectivity index (χ0v) is 11.3. The minimum Gasteiger partial charge on any atom is -0.329 e. The zero-order valence-electron chi connectivity index (χ0n) is 11.3. The molecule has 0 aliphatic carbocycles. The number of piperidine rings is 1. The van der Waals surface area contributed by atoms with Crippen LogP contribution in [0, 0.1) is 0 Å². The number of nitrogens with two attached hydrogens (primary N) is 1. The van der Waals surface area contributed by atoms with Crippen LogP contribution in [-0.2, 0) is 0 Å². The quantitative estimate of drug-likeness (QED) is 0.747. The van der Waals surface area contributed by atoms with Gasteiger partial charge in [-0.2, -0.15) is 0 Å². The highest BCUT2D eigenvalue weighted by molar-refractivity contribution is 4.95. The maximum atomic E-state index is 6.07. The Bertz CT molecular complexity index is 186. The molecule has 1 aliphatic heterocycles. The van der Waals surface area contributed by atoms with Crippen molar-refractivity contribution in [3.63, 3.8) is 0 Å². The van der Waals surface area contributed by atoms with E-state index in [1.807, 2.05) is 0 Å². The molecule has 0 bridgehead atoms. The lowest BCUT2D eigenvalue weighted by Gasteiger charge is -2.48. The van der Waals surface area contributed by atoms with Crippen LogP contribution >= 0.6 is 0 Å². The van der Waals surface area contributed by atoms with Crippen molar-refractivity contribution in [2.75, 3.05) is 39.3 Å². The molecule has 0 aromatic rings. The standard InChI is InChI=1S/C13H29N3/c1-4-9-16(6-3)13(12-14)7-10-15(5-2)11-8-13/h4-12,14H2,1-3H3. The summed E-state index contributed by atoms with van der Waals surface area (Å²) >= 11 is 0. The van der Waals surface area contributed by atoms with Crippen molar-refractivity contribution in [1.82, 2.24) is 9.80 Å². The minimum absolute atomic E-state index is 0.288. The Balaban J connectivity index is 2.63. The summed E-state index contributed by atoms with van der Waals surface area (Å²) in [5.41, 5.74) is 6.36. The Morgan fingerprint density at radius 2 is 1.81 bits per heavy atom. The van der Waals surface area contributed by atoms with Gasteiger partial charge in [0, 0.05) is 12.1 Å². The summed E-state index contributed by atoms with van der Waals surface area (Å²) < 4.78 is 0. The first-order chi connectivity index (χ1) is 7.72. The van der Waals surface area contributed by atoms with Crippen LogP contribution in [0.15, 0.2) is 0 Å². The largest absolute Gasteiger partial charge is 0.329 e. The van der Waals surface area contributed by atoms with E-state index in [-0.39, 0.29) is 5.54 Å². The summed E-state index contributed by atoms with van der Waals surface area (Å²) in [5, 5.41) is 0. The van der Waals surface area contributed by atoms with Gasteiger partial charge in [-0.25, -0.2) is 0 Å². The first-order valence-corrected chi connectivity index (χ1v) is 6.89. The van der Waals surface area contributed by atoms with E-state index < -0.39 is 0 Å². The van der Waals surface area contributed by atoms with E-state index >= 15 is 0 Å². The second-order valence-corrected chi connectivity index (χ2v) is 4.94. The predicted octanol–water partition coefficient (Wildman–Crippen LogP) is 1.53. The van der Waals surface area contributed by atoms with E-state index in [1.54, 1.807) is 0 Å². The average molecular weight is 227 g/mol. The third-order valence-corrected chi connectivity index (χ3v) is 4.16. The molecule has 3 heteroatoms. The highest BCUT2D eigenvalue weighted by atomic mass is 15.2. The molecular formula is C13H29N3. The van der Waals surface area contributed by atoms with Crippen molar-refractivity contribution < 1.29 is 0 Å². The molecule has 0 aromatic heterocycles. The van der Waals surface area contributed by atoms with Gasteiger partial charge in [-0.1, -0.05) is 20.8 Å². The van der Waals surface area contributed by atoms with Crippen molar-refractivity contribution in [2.45, 2.75) is 45.6 Å². The normalized spacial score (nSPS) is 21.6. The Labute approximate surface area is 101 Å². The molecule has 0 atom stereocenters. The Hall–Kier alpha value is -0.120.